The molecule has 0 fully saturated rings. The number of ketones is 1. The van der Waals surface area contributed by atoms with E-state index in [0.29, 0.717) is 5.56 Å². The van der Waals surface area contributed by atoms with E-state index in [9.17, 15) is 14.4 Å². The summed E-state index contributed by atoms with van der Waals surface area (Å²) in [4.78, 5) is 38.7. The molecule has 3 N–H and O–H groups in total. The summed E-state index contributed by atoms with van der Waals surface area (Å²) >= 11 is 0. The number of nitrogens with two attached hydrogens (primary N) is 1. The van der Waals surface area contributed by atoms with E-state index < -0.39 is 23.4 Å². The second-order valence-electron chi connectivity index (χ2n) is 5.72. The number of amides is 1. The van der Waals surface area contributed by atoms with Crippen molar-refractivity contribution < 1.29 is 23.9 Å². The summed E-state index contributed by atoms with van der Waals surface area (Å²) in [5.41, 5.74) is 5.68. The van der Waals surface area contributed by atoms with Crippen LogP contribution >= 0.6 is 0 Å². The molecule has 0 bridgehead atoms. The van der Waals surface area contributed by atoms with Crippen LogP contribution in [0.25, 0.3) is 0 Å². The third kappa shape index (κ3) is 6.33. The summed E-state index contributed by atoms with van der Waals surface area (Å²) in [5.74, 6) is -1.49. The van der Waals surface area contributed by atoms with Gasteiger partial charge in [-0.15, -0.1) is 0 Å². The van der Waals surface area contributed by atoms with Gasteiger partial charge in [0.1, 0.15) is 11.4 Å². The molecule has 23 heavy (non-hydrogen) atoms. The Balaban J connectivity index is 2.81. The molecule has 126 valence electrons. The molecule has 1 aromatic rings. The smallest absolute Gasteiger partial charge is 0.413 e. The van der Waals surface area contributed by atoms with E-state index in [0.717, 1.165) is 0 Å². The number of aromatic nitrogens is 1. The number of nitrogens with zero attached hydrogens (tertiary/aromatic N) is 1. The molecule has 0 spiro atoms. The van der Waals surface area contributed by atoms with Gasteiger partial charge in [0.25, 0.3) is 0 Å². The normalized spacial score (nSPS) is 10.8. The molecule has 0 saturated heterocycles. The zero-order valence-electron chi connectivity index (χ0n) is 13.6. The lowest BCUT2D eigenvalue weighted by Gasteiger charge is -2.19. The maximum Gasteiger partial charge on any atom is 0.413 e. The number of carbonyl (C=O) groups excluding carboxylic acids is 3. The number of rotatable bonds is 5. The highest BCUT2D eigenvalue weighted by Crippen LogP contribution is 2.17. The zero-order chi connectivity index (χ0) is 17.6. The fraction of sp³-hybridized carbons (Fsp3) is 0.467. The Bertz CT molecular complexity index is 608. The van der Waals surface area contributed by atoms with E-state index in [1.165, 1.54) is 12.3 Å². The summed E-state index contributed by atoms with van der Waals surface area (Å²) < 4.78 is 9.73. The molecule has 8 heteroatoms. The molecule has 0 saturated carbocycles. The van der Waals surface area contributed by atoms with E-state index in [2.05, 4.69) is 15.0 Å². The van der Waals surface area contributed by atoms with Crippen LogP contribution in [-0.4, -0.2) is 35.0 Å². The van der Waals surface area contributed by atoms with Gasteiger partial charge in [-0.05, 0) is 39.3 Å². The molecule has 0 aliphatic rings. The van der Waals surface area contributed by atoms with E-state index >= 15 is 0 Å². The minimum atomic E-state index is -0.926. The van der Waals surface area contributed by atoms with Crippen molar-refractivity contribution in [3.63, 3.8) is 0 Å². The van der Waals surface area contributed by atoms with Crippen LogP contribution in [-0.2, 0) is 25.5 Å². The molecular weight excluding hydrogens is 302 g/mol. The first-order valence-corrected chi connectivity index (χ1v) is 7.06. The fourth-order valence-electron chi connectivity index (χ4n) is 1.59. The quantitative estimate of drug-likeness (QED) is 0.624. The molecule has 0 radical (unpaired) electrons. The zero-order valence-corrected chi connectivity index (χ0v) is 13.6. The van der Waals surface area contributed by atoms with Crippen LogP contribution in [0, 0.1) is 0 Å². The Morgan fingerprint density at radius 3 is 2.52 bits per heavy atom. The molecule has 1 aromatic heterocycles. The topological polar surface area (TPSA) is 121 Å². The van der Waals surface area contributed by atoms with E-state index in [4.69, 9.17) is 10.5 Å². The summed E-state index contributed by atoms with van der Waals surface area (Å²) in [7, 11) is 0. The number of anilines is 2. The van der Waals surface area contributed by atoms with Gasteiger partial charge in [-0.3, -0.25) is 10.1 Å². The predicted molar refractivity (Wildman–Crippen MR) is 83.9 cm³/mol. The van der Waals surface area contributed by atoms with Gasteiger partial charge in [-0.25, -0.2) is 14.6 Å². The van der Waals surface area contributed by atoms with Crippen LogP contribution in [0.4, 0.5) is 16.3 Å². The van der Waals surface area contributed by atoms with Crippen LogP contribution in [0.2, 0.25) is 0 Å². The summed E-state index contributed by atoms with van der Waals surface area (Å²) in [6.07, 6.45) is 0.369. The molecular formula is C15H21N3O5. The minimum absolute atomic E-state index is 0.113. The highest BCUT2D eigenvalue weighted by atomic mass is 16.6. The van der Waals surface area contributed by atoms with Crippen molar-refractivity contribution in [1.82, 2.24) is 4.98 Å². The summed E-state index contributed by atoms with van der Waals surface area (Å²) in [6.45, 7) is 6.90. The standard InChI is InChI=1S/C15H21N3O5/c1-5-22-13(20)11(19)6-9-7-12(17-8-10(9)16)18-14(21)23-15(2,3)4/h7-8H,5-6,16H2,1-4H3,(H,17,18,21). The first-order chi connectivity index (χ1) is 10.6. The Hall–Kier alpha value is -2.64. The van der Waals surface area contributed by atoms with Gasteiger partial charge in [0.05, 0.1) is 18.5 Å². The van der Waals surface area contributed by atoms with Gasteiger partial charge in [0.2, 0.25) is 5.78 Å². The maximum absolute atomic E-state index is 11.7. The van der Waals surface area contributed by atoms with Crippen LogP contribution < -0.4 is 11.1 Å². The third-order valence-electron chi connectivity index (χ3n) is 2.51. The van der Waals surface area contributed by atoms with Crippen molar-refractivity contribution in [2.75, 3.05) is 17.7 Å². The number of ether oxygens (including phenoxy) is 2. The highest BCUT2D eigenvalue weighted by molar-refractivity contribution is 6.34. The van der Waals surface area contributed by atoms with Gasteiger partial charge in [-0.2, -0.15) is 0 Å². The van der Waals surface area contributed by atoms with Crippen LogP contribution in [0.5, 0.6) is 0 Å². The monoisotopic (exact) mass is 323 g/mol. The Kier molecular flexibility index (Phi) is 6.06. The predicted octanol–water partition coefficient (Wildman–Crippen LogP) is 1.69. The first kappa shape index (κ1) is 18.4. The van der Waals surface area contributed by atoms with Crippen LogP contribution in [0.3, 0.4) is 0 Å². The number of Topliss-reactive ketones (excluding diaryl/α,β-unsaturated/α-hetero) is 1. The van der Waals surface area contributed by atoms with Gasteiger partial charge in [0.15, 0.2) is 0 Å². The van der Waals surface area contributed by atoms with Crippen LogP contribution in [0.1, 0.15) is 33.3 Å². The Labute approximate surface area is 134 Å². The van der Waals surface area contributed by atoms with Crippen molar-refractivity contribution in [2.45, 2.75) is 39.7 Å². The Morgan fingerprint density at radius 2 is 1.96 bits per heavy atom. The molecule has 1 rings (SSSR count). The SMILES string of the molecule is CCOC(=O)C(=O)Cc1cc(NC(=O)OC(C)(C)C)ncc1N. The summed E-state index contributed by atoms with van der Waals surface area (Å²) in [5, 5.41) is 2.44. The molecule has 0 atom stereocenters. The number of nitrogens with one attached hydrogen (secondary N) is 1. The van der Waals surface area contributed by atoms with Crippen molar-refractivity contribution >= 4 is 29.4 Å². The molecule has 0 aliphatic heterocycles. The molecule has 1 heterocycles. The van der Waals surface area contributed by atoms with Gasteiger partial charge < -0.3 is 15.2 Å². The van der Waals surface area contributed by atoms with Crippen LogP contribution in [0.15, 0.2) is 12.3 Å². The highest BCUT2D eigenvalue weighted by Gasteiger charge is 2.19. The van der Waals surface area contributed by atoms with Gasteiger partial charge >= 0.3 is 12.1 Å². The third-order valence-corrected chi connectivity index (χ3v) is 2.51. The molecule has 8 nitrogen and oxygen atoms in total. The van der Waals surface area contributed by atoms with E-state index in [1.807, 2.05) is 0 Å². The number of esters is 1. The lowest BCUT2D eigenvalue weighted by atomic mass is 10.1. The number of nitrogen functional groups attached to an aromatic ring is 1. The molecule has 0 aliphatic carbocycles. The minimum Gasteiger partial charge on any atom is -0.460 e. The fourth-order valence-corrected chi connectivity index (χ4v) is 1.59. The number of hydrogen-bond acceptors (Lipinski definition) is 7. The molecule has 0 aromatic carbocycles. The van der Waals surface area contributed by atoms with Gasteiger partial charge in [-0.1, -0.05) is 0 Å². The Morgan fingerprint density at radius 1 is 1.30 bits per heavy atom. The number of hydrogen-bond donors (Lipinski definition) is 2. The molecule has 0 unspecified atom stereocenters. The van der Waals surface area contributed by atoms with E-state index in [-0.39, 0.29) is 24.5 Å². The van der Waals surface area contributed by atoms with Crippen molar-refractivity contribution in [3.05, 3.63) is 17.8 Å². The number of carbonyl (C=O) groups is 3. The maximum atomic E-state index is 11.7. The van der Waals surface area contributed by atoms with E-state index in [1.54, 1.807) is 27.7 Å². The lowest BCUT2D eigenvalue weighted by molar-refractivity contribution is -0.153. The average Bonchev–Trinajstić information content (AvgIpc) is 2.40. The van der Waals surface area contributed by atoms with Crippen molar-refractivity contribution in [1.29, 1.82) is 0 Å². The van der Waals surface area contributed by atoms with Gasteiger partial charge in [0, 0.05) is 6.42 Å². The second kappa shape index (κ2) is 7.57. The van der Waals surface area contributed by atoms with Crippen molar-refractivity contribution in [3.8, 4) is 0 Å². The lowest BCUT2D eigenvalue weighted by Crippen LogP contribution is -2.27. The largest absolute Gasteiger partial charge is 0.460 e. The summed E-state index contributed by atoms with van der Waals surface area (Å²) in [6, 6.07) is 1.41. The van der Waals surface area contributed by atoms with Crippen molar-refractivity contribution in [2.24, 2.45) is 0 Å². The number of pyridine rings is 1. The average molecular weight is 323 g/mol. The first-order valence-electron chi connectivity index (χ1n) is 7.06. The second-order valence-corrected chi connectivity index (χ2v) is 5.72. The molecule has 1 amide bonds.